The average molecular weight is 731 g/mol. The van der Waals surface area contributed by atoms with Crippen molar-refractivity contribution in [3.8, 4) is 11.1 Å². The van der Waals surface area contributed by atoms with Crippen LogP contribution in [0.15, 0.2) is 206 Å². The predicted molar refractivity (Wildman–Crippen MR) is 244 cm³/mol. The Hall–Kier alpha value is -7.16. The fraction of sp³-hybridized carbons (Fsp3) is 0.0545. The quantitative estimate of drug-likeness (QED) is 0.113. The molecule has 272 valence electrons. The molecule has 2 nitrogen and oxygen atoms in total. The van der Waals surface area contributed by atoms with E-state index < -0.39 is 0 Å². The molecule has 0 N–H and O–H groups in total. The molecule has 0 saturated carbocycles. The molecular weight excluding hydrogens is 689 g/mol. The summed E-state index contributed by atoms with van der Waals surface area (Å²) in [6.45, 7) is 4.74. The summed E-state index contributed by atoms with van der Waals surface area (Å²) in [5.41, 5.74) is 14.4. The van der Waals surface area contributed by atoms with Crippen LogP contribution in [0.25, 0.3) is 44.8 Å². The molecule has 9 aromatic rings. The van der Waals surface area contributed by atoms with Gasteiger partial charge in [-0.25, -0.2) is 0 Å². The van der Waals surface area contributed by atoms with Gasteiger partial charge in [-0.05, 0) is 116 Å². The lowest BCUT2D eigenvalue weighted by atomic mass is 9.81. The second-order valence-electron chi connectivity index (χ2n) is 15.4. The molecule has 0 unspecified atom stereocenters. The lowest BCUT2D eigenvalue weighted by molar-refractivity contribution is 0.660. The molecule has 10 rings (SSSR count). The number of anilines is 6. The van der Waals surface area contributed by atoms with Crippen molar-refractivity contribution in [1.82, 2.24) is 0 Å². The molecule has 0 bridgehead atoms. The molecule has 0 aromatic heterocycles. The van der Waals surface area contributed by atoms with E-state index in [9.17, 15) is 0 Å². The molecule has 0 heterocycles. The monoisotopic (exact) mass is 730 g/mol. The normalized spacial score (nSPS) is 12.8. The summed E-state index contributed by atoms with van der Waals surface area (Å²) < 4.78 is 0. The van der Waals surface area contributed by atoms with Crippen LogP contribution in [0.2, 0.25) is 0 Å². The Morgan fingerprint density at radius 3 is 1.46 bits per heavy atom. The van der Waals surface area contributed by atoms with Crippen LogP contribution in [-0.2, 0) is 5.41 Å². The average Bonchev–Trinajstić information content (AvgIpc) is 3.49. The van der Waals surface area contributed by atoms with Gasteiger partial charge in [-0.2, -0.15) is 0 Å². The molecule has 0 radical (unpaired) electrons. The van der Waals surface area contributed by atoms with Crippen molar-refractivity contribution in [3.63, 3.8) is 0 Å². The number of hydrogen-bond donors (Lipinski definition) is 0. The van der Waals surface area contributed by atoms with Crippen molar-refractivity contribution < 1.29 is 0 Å². The van der Waals surface area contributed by atoms with Gasteiger partial charge in [0.1, 0.15) is 0 Å². The standard InChI is InChI=1S/C55H42N2/c1-55(2)52-36-40(27-26-39-28-31-45(32-29-39)56(42-17-6-3-7-18-42)43-19-8-4-9-20-43)30-34-49(52)50-35-33-46(38-53(50)55)57(44-21-10-5-11-22-44)54-37-41-16-12-13-23-47(41)48-24-14-15-25-51(48)54/h3-38H,1-2H3. The lowest BCUT2D eigenvalue weighted by Crippen LogP contribution is -2.17. The molecule has 0 atom stereocenters. The van der Waals surface area contributed by atoms with E-state index in [2.05, 4.69) is 242 Å². The van der Waals surface area contributed by atoms with Gasteiger partial charge in [-0.1, -0.05) is 166 Å². The Morgan fingerprint density at radius 1 is 0.351 bits per heavy atom. The smallest absolute Gasteiger partial charge is 0.0546 e. The zero-order valence-corrected chi connectivity index (χ0v) is 32.2. The summed E-state index contributed by atoms with van der Waals surface area (Å²) in [6, 6.07) is 74.6. The van der Waals surface area contributed by atoms with E-state index in [1.807, 2.05) is 0 Å². The lowest BCUT2D eigenvalue weighted by Gasteiger charge is -2.29. The van der Waals surface area contributed by atoms with Gasteiger partial charge in [0.2, 0.25) is 0 Å². The minimum absolute atomic E-state index is 0.182. The zero-order chi connectivity index (χ0) is 38.3. The van der Waals surface area contributed by atoms with Crippen LogP contribution in [0.5, 0.6) is 0 Å². The Balaban J connectivity index is 0.981. The first-order valence-electron chi connectivity index (χ1n) is 19.8. The summed E-state index contributed by atoms with van der Waals surface area (Å²) in [6.07, 6.45) is 4.47. The van der Waals surface area contributed by atoms with Crippen LogP contribution in [-0.4, -0.2) is 0 Å². The molecule has 0 amide bonds. The fourth-order valence-electron chi connectivity index (χ4n) is 8.74. The van der Waals surface area contributed by atoms with Gasteiger partial charge in [0.05, 0.1) is 5.69 Å². The van der Waals surface area contributed by atoms with Gasteiger partial charge < -0.3 is 9.80 Å². The second kappa shape index (κ2) is 14.2. The third kappa shape index (κ3) is 6.16. The Morgan fingerprint density at radius 2 is 0.807 bits per heavy atom. The van der Waals surface area contributed by atoms with E-state index in [-0.39, 0.29) is 5.41 Å². The number of fused-ring (bicyclic) bond motifs is 6. The van der Waals surface area contributed by atoms with Crippen LogP contribution >= 0.6 is 0 Å². The van der Waals surface area contributed by atoms with Gasteiger partial charge in [0.15, 0.2) is 0 Å². The summed E-state index contributed by atoms with van der Waals surface area (Å²) in [5, 5.41) is 5.01. The van der Waals surface area contributed by atoms with Gasteiger partial charge >= 0.3 is 0 Å². The second-order valence-corrected chi connectivity index (χ2v) is 15.4. The maximum absolute atomic E-state index is 2.44. The molecule has 0 saturated heterocycles. The third-order valence-corrected chi connectivity index (χ3v) is 11.6. The summed E-state index contributed by atoms with van der Waals surface area (Å²) >= 11 is 0. The highest BCUT2D eigenvalue weighted by molar-refractivity contribution is 6.14. The van der Waals surface area contributed by atoms with E-state index in [4.69, 9.17) is 0 Å². The maximum Gasteiger partial charge on any atom is 0.0546 e. The van der Waals surface area contributed by atoms with Crippen molar-refractivity contribution in [2.75, 3.05) is 9.80 Å². The topological polar surface area (TPSA) is 6.48 Å². The van der Waals surface area contributed by atoms with E-state index in [1.165, 1.54) is 55.0 Å². The van der Waals surface area contributed by atoms with E-state index in [0.717, 1.165) is 34.0 Å². The number of hydrogen-bond acceptors (Lipinski definition) is 2. The molecule has 1 aliphatic carbocycles. The summed E-state index contributed by atoms with van der Waals surface area (Å²) in [7, 11) is 0. The highest BCUT2D eigenvalue weighted by Gasteiger charge is 2.36. The molecule has 57 heavy (non-hydrogen) atoms. The number of rotatable bonds is 8. The van der Waals surface area contributed by atoms with Crippen molar-refractivity contribution in [2.45, 2.75) is 19.3 Å². The fourth-order valence-corrected chi connectivity index (χ4v) is 8.74. The van der Waals surface area contributed by atoms with Gasteiger partial charge in [-0.15, -0.1) is 0 Å². The minimum atomic E-state index is -0.182. The first-order valence-corrected chi connectivity index (χ1v) is 19.8. The molecule has 1 aliphatic rings. The Bertz CT molecular complexity index is 2870. The van der Waals surface area contributed by atoms with Crippen molar-refractivity contribution in [3.05, 3.63) is 229 Å². The molecule has 9 aromatic carbocycles. The highest BCUT2D eigenvalue weighted by Crippen LogP contribution is 2.52. The molecule has 2 heteroatoms. The molecular formula is C55H42N2. The van der Waals surface area contributed by atoms with Crippen LogP contribution in [0.4, 0.5) is 34.1 Å². The van der Waals surface area contributed by atoms with Crippen molar-refractivity contribution in [1.29, 1.82) is 0 Å². The van der Waals surface area contributed by atoms with Crippen LogP contribution in [0.1, 0.15) is 36.1 Å². The van der Waals surface area contributed by atoms with E-state index in [1.54, 1.807) is 0 Å². The van der Waals surface area contributed by atoms with E-state index in [0.29, 0.717) is 0 Å². The Labute approximate surface area is 335 Å². The largest absolute Gasteiger partial charge is 0.311 e. The number of nitrogens with zero attached hydrogens (tertiary/aromatic N) is 2. The van der Waals surface area contributed by atoms with Gasteiger partial charge in [0.25, 0.3) is 0 Å². The van der Waals surface area contributed by atoms with Crippen molar-refractivity contribution >= 4 is 67.8 Å². The SMILES string of the molecule is CC1(C)c2cc(C=Cc3ccc(N(c4ccccc4)c4ccccc4)cc3)ccc2-c2ccc(N(c3ccccc3)c3cc4ccccc4c4ccccc34)cc21. The molecule has 0 fully saturated rings. The van der Waals surface area contributed by atoms with Crippen LogP contribution in [0, 0.1) is 0 Å². The summed E-state index contributed by atoms with van der Waals surface area (Å²) in [5.74, 6) is 0. The zero-order valence-electron chi connectivity index (χ0n) is 32.2. The molecule has 0 aliphatic heterocycles. The first kappa shape index (κ1) is 34.3. The number of benzene rings is 9. The van der Waals surface area contributed by atoms with Crippen molar-refractivity contribution in [2.24, 2.45) is 0 Å². The summed E-state index contributed by atoms with van der Waals surface area (Å²) in [4.78, 5) is 4.73. The maximum atomic E-state index is 2.44. The number of para-hydroxylation sites is 3. The van der Waals surface area contributed by atoms with Crippen LogP contribution < -0.4 is 9.80 Å². The third-order valence-electron chi connectivity index (χ3n) is 11.6. The first-order chi connectivity index (χ1) is 28.0. The molecule has 0 spiro atoms. The van der Waals surface area contributed by atoms with Crippen LogP contribution in [0.3, 0.4) is 0 Å². The van der Waals surface area contributed by atoms with Gasteiger partial charge in [-0.3, -0.25) is 0 Å². The Kier molecular flexibility index (Phi) is 8.53. The van der Waals surface area contributed by atoms with E-state index >= 15 is 0 Å². The highest BCUT2D eigenvalue weighted by atomic mass is 15.1. The minimum Gasteiger partial charge on any atom is -0.311 e. The predicted octanol–water partition coefficient (Wildman–Crippen LogP) is 15.4. The van der Waals surface area contributed by atoms with Gasteiger partial charge in [0, 0.05) is 39.2 Å².